The van der Waals surface area contributed by atoms with Crippen molar-refractivity contribution < 1.29 is 14.7 Å². The van der Waals surface area contributed by atoms with Crippen LogP contribution in [-0.4, -0.2) is 39.5 Å². The third-order valence-corrected chi connectivity index (χ3v) is 4.46. The Hall–Kier alpha value is -2.21. The van der Waals surface area contributed by atoms with E-state index < -0.39 is 5.97 Å². The number of thiazole rings is 1. The van der Waals surface area contributed by atoms with Gasteiger partial charge in [0, 0.05) is 11.6 Å². The monoisotopic (exact) mass is 318 g/mol. The molecule has 1 unspecified atom stereocenters. The molecule has 0 bridgehead atoms. The molecule has 0 aliphatic heterocycles. The summed E-state index contributed by atoms with van der Waals surface area (Å²) in [6.07, 6.45) is 2.22. The van der Waals surface area contributed by atoms with E-state index in [2.05, 4.69) is 4.98 Å². The first kappa shape index (κ1) is 16.2. The molecule has 5 nitrogen and oxygen atoms in total. The summed E-state index contributed by atoms with van der Waals surface area (Å²) in [4.78, 5) is 29.7. The lowest BCUT2D eigenvalue weighted by atomic mass is 10.2. The quantitative estimate of drug-likeness (QED) is 0.888. The highest BCUT2D eigenvalue weighted by Crippen LogP contribution is 2.26. The van der Waals surface area contributed by atoms with Crippen LogP contribution < -0.4 is 0 Å². The highest BCUT2D eigenvalue weighted by atomic mass is 32.1. The summed E-state index contributed by atoms with van der Waals surface area (Å²) in [7, 11) is 0. The predicted molar refractivity (Wildman–Crippen MR) is 86.0 cm³/mol. The number of benzene rings is 1. The SMILES string of the molecule is CCC(C)N(CC(=O)O)C(=O)c1cnc(-c2ccccc2)s1. The van der Waals surface area contributed by atoms with Crippen LogP contribution in [0.3, 0.4) is 0 Å². The van der Waals surface area contributed by atoms with Crippen molar-refractivity contribution in [2.24, 2.45) is 0 Å². The third kappa shape index (κ3) is 3.71. The Morgan fingerprint density at radius 1 is 1.32 bits per heavy atom. The predicted octanol–water partition coefficient (Wildman–Crippen LogP) is 3.14. The highest BCUT2D eigenvalue weighted by Gasteiger charge is 2.24. The summed E-state index contributed by atoms with van der Waals surface area (Å²) < 4.78 is 0. The third-order valence-electron chi connectivity index (χ3n) is 3.43. The molecule has 1 atom stereocenters. The summed E-state index contributed by atoms with van der Waals surface area (Å²) in [6, 6.07) is 9.46. The van der Waals surface area contributed by atoms with Crippen molar-refractivity contribution in [1.82, 2.24) is 9.88 Å². The average Bonchev–Trinajstić information content (AvgIpc) is 3.02. The summed E-state index contributed by atoms with van der Waals surface area (Å²) in [5.74, 6) is -1.29. The lowest BCUT2D eigenvalue weighted by Gasteiger charge is -2.26. The molecule has 116 valence electrons. The van der Waals surface area contributed by atoms with E-state index in [0.717, 1.165) is 10.6 Å². The van der Waals surface area contributed by atoms with Gasteiger partial charge in [0.05, 0.1) is 6.20 Å². The number of hydrogen-bond donors (Lipinski definition) is 1. The van der Waals surface area contributed by atoms with Gasteiger partial charge in [0.2, 0.25) is 0 Å². The fourth-order valence-corrected chi connectivity index (χ4v) is 2.90. The lowest BCUT2D eigenvalue weighted by molar-refractivity contribution is -0.138. The summed E-state index contributed by atoms with van der Waals surface area (Å²) in [6.45, 7) is 3.47. The van der Waals surface area contributed by atoms with Gasteiger partial charge in [-0.1, -0.05) is 37.3 Å². The topological polar surface area (TPSA) is 70.5 Å². The number of rotatable bonds is 6. The Morgan fingerprint density at radius 2 is 2.00 bits per heavy atom. The van der Waals surface area contributed by atoms with Crippen LogP contribution in [0.25, 0.3) is 10.6 Å². The van der Waals surface area contributed by atoms with Crippen LogP contribution in [0.4, 0.5) is 0 Å². The molecule has 0 saturated carbocycles. The van der Waals surface area contributed by atoms with Gasteiger partial charge >= 0.3 is 5.97 Å². The molecule has 22 heavy (non-hydrogen) atoms. The largest absolute Gasteiger partial charge is 0.480 e. The lowest BCUT2D eigenvalue weighted by Crippen LogP contribution is -2.41. The Labute approximate surface area is 133 Å². The maximum atomic E-state index is 12.6. The molecule has 0 radical (unpaired) electrons. The van der Waals surface area contributed by atoms with Crippen molar-refractivity contribution in [1.29, 1.82) is 0 Å². The van der Waals surface area contributed by atoms with Gasteiger partial charge in [-0.3, -0.25) is 9.59 Å². The van der Waals surface area contributed by atoms with Crippen molar-refractivity contribution in [3.05, 3.63) is 41.4 Å². The van der Waals surface area contributed by atoms with E-state index >= 15 is 0 Å². The molecule has 2 aromatic rings. The van der Waals surface area contributed by atoms with Crippen LogP contribution in [0, 0.1) is 0 Å². The molecule has 0 saturated heterocycles. The standard InChI is InChI=1S/C16H18N2O3S/c1-3-11(2)18(10-14(19)20)16(21)13-9-17-15(22-13)12-7-5-4-6-8-12/h4-9,11H,3,10H2,1-2H3,(H,19,20). The summed E-state index contributed by atoms with van der Waals surface area (Å²) in [5.41, 5.74) is 0.944. The van der Waals surface area contributed by atoms with Crippen LogP contribution in [0.2, 0.25) is 0 Å². The molecule has 2 rings (SSSR count). The van der Waals surface area contributed by atoms with Crippen molar-refractivity contribution in [3.8, 4) is 10.6 Å². The first-order valence-corrected chi connectivity index (χ1v) is 7.88. The van der Waals surface area contributed by atoms with Gasteiger partial charge in [-0.2, -0.15) is 0 Å². The normalized spacial score (nSPS) is 11.9. The van der Waals surface area contributed by atoms with Crippen molar-refractivity contribution in [2.45, 2.75) is 26.3 Å². The zero-order valence-corrected chi connectivity index (χ0v) is 13.3. The first-order valence-electron chi connectivity index (χ1n) is 7.07. The number of carboxylic acids is 1. The van der Waals surface area contributed by atoms with E-state index in [1.807, 2.05) is 44.2 Å². The average molecular weight is 318 g/mol. The smallest absolute Gasteiger partial charge is 0.323 e. The zero-order valence-electron chi connectivity index (χ0n) is 12.5. The fourth-order valence-electron chi connectivity index (χ4n) is 2.02. The molecule has 6 heteroatoms. The first-order chi connectivity index (χ1) is 10.5. The van der Waals surface area contributed by atoms with Crippen molar-refractivity contribution in [2.75, 3.05) is 6.54 Å². The van der Waals surface area contributed by atoms with Gasteiger partial charge < -0.3 is 10.0 Å². The van der Waals surface area contributed by atoms with Crippen molar-refractivity contribution >= 4 is 23.2 Å². The second-order valence-corrected chi connectivity index (χ2v) is 6.01. The number of carboxylic acid groups (broad SMARTS) is 1. The maximum Gasteiger partial charge on any atom is 0.323 e. The molecule has 1 aromatic heterocycles. The van der Waals surface area contributed by atoms with Crippen LogP contribution in [0.5, 0.6) is 0 Å². The van der Waals surface area contributed by atoms with E-state index in [-0.39, 0.29) is 18.5 Å². The number of aliphatic carboxylic acids is 1. The van der Waals surface area contributed by atoms with E-state index in [9.17, 15) is 9.59 Å². The second-order valence-electron chi connectivity index (χ2n) is 4.98. The van der Waals surface area contributed by atoms with E-state index in [4.69, 9.17) is 5.11 Å². The minimum atomic E-state index is -1.01. The molecule has 1 heterocycles. The van der Waals surface area contributed by atoms with E-state index in [1.54, 1.807) is 0 Å². The molecule has 0 fully saturated rings. The molecule has 1 aromatic carbocycles. The minimum Gasteiger partial charge on any atom is -0.480 e. The van der Waals surface area contributed by atoms with Crippen molar-refractivity contribution in [3.63, 3.8) is 0 Å². The van der Waals surface area contributed by atoms with Crippen LogP contribution in [-0.2, 0) is 4.79 Å². The highest BCUT2D eigenvalue weighted by molar-refractivity contribution is 7.16. The summed E-state index contributed by atoms with van der Waals surface area (Å²) >= 11 is 1.28. The van der Waals surface area contributed by atoms with E-state index in [1.165, 1.54) is 22.4 Å². The molecular formula is C16H18N2O3S. The molecule has 1 amide bonds. The van der Waals surface area contributed by atoms with Gasteiger partial charge in [-0.15, -0.1) is 11.3 Å². The van der Waals surface area contributed by atoms with E-state index in [0.29, 0.717) is 11.3 Å². The number of aromatic nitrogens is 1. The van der Waals surface area contributed by atoms with Gasteiger partial charge in [-0.05, 0) is 13.3 Å². The van der Waals surface area contributed by atoms with Gasteiger partial charge in [0.1, 0.15) is 16.4 Å². The van der Waals surface area contributed by atoms with Crippen LogP contribution in [0.1, 0.15) is 29.9 Å². The van der Waals surface area contributed by atoms with Gasteiger partial charge in [0.15, 0.2) is 0 Å². The van der Waals surface area contributed by atoms with Crippen LogP contribution in [0.15, 0.2) is 36.5 Å². The second kappa shape index (κ2) is 7.17. The number of amides is 1. The number of hydrogen-bond acceptors (Lipinski definition) is 4. The number of carbonyl (C=O) groups is 2. The molecule has 1 N–H and O–H groups in total. The molecule has 0 aliphatic rings. The number of nitrogens with zero attached hydrogens (tertiary/aromatic N) is 2. The molecule has 0 spiro atoms. The number of carbonyl (C=O) groups excluding carboxylic acids is 1. The van der Waals surface area contributed by atoms with Gasteiger partial charge in [-0.25, -0.2) is 4.98 Å². The molecule has 0 aliphatic carbocycles. The Bertz CT molecular complexity index is 654. The van der Waals surface area contributed by atoms with Crippen LogP contribution >= 0.6 is 11.3 Å². The Balaban J connectivity index is 2.24. The van der Waals surface area contributed by atoms with Gasteiger partial charge in [0.25, 0.3) is 5.91 Å². The zero-order chi connectivity index (χ0) is 16.1. The molecular weight excluding hydrogens is 300 g/mol. The maximum absolute atomic E-state index is 12.6. The Morgan fingerprint density at radius 3 is 2.59 bits per heavy atom. The summed E-state index contributed by atoms with van der Waals surface area (Å²) in [5, 5.41) is 9.75. The Kier molecular flexibility index (Phi) is 5.27. The fraction of sp³-hybridized carbons (Fsp3) is 0.312. The minimum absolute atomic E-state index is 0.133.